The Morgan fingerprint density at radius 1 is 1.60 bits per heavy atom. The Morgan fingerprint density at radius 3 is 3.07 bits per heavy atom. The second kappa shape index (κ2) is 3.95. The zero-order valence-electron chi connectivity index (χ0n) is 8.27. The summed E-state index contributed by atoms with van der Waals surface area (Å²) in [6.07, 6.45) is 6.91. The Morgan fingerprint density at radius 2 is 2.47 bits per heavy atom. The van der Waals surface area contributed by atoms with Crippen molar-refractivity contribution in [3.05, 3.63) is 28.7 Å². The van der Waals surface area contributed by atoms with Crippen LogP contribution in [0, 0.1) is 0 Å². The van der Waals surface area contributed by atoms with Gasteiger partial charge in [-0.3, -0.25) is 9.78 Å². The molecule has 2 N–H and O–H groups in total. The highest BCUT2D eigenvalue weighted by atomic mass is 16.1. The summed E-state index contributed by atoms with van der Waals surface area (Å²) in [6.45, 7) is 0.609. The predicted octanol–water partition coefficient (Wildman–Crippen LogP) is 0.174. The molecule has 2 rings (SSSR count). The fraction of sp³-hybridized carbons (Fsp3) is 0.222. The molecule has 1 aromatic heterocycles. The number of hydrogen-bond donors (Lipinski definition) is 2. The van der Waals surface area contributed by atoms with E-state index in [2.05, 4.69) is 20.4 Å². The Kier molecular flexibility index (Phi) is 2.49. The number of H-pyrrole nitrogens is 1. The van der Waals surface area contributed by atoms with Crippen molar-refractivity contribution < 1.29 is 0 Å². The summed E-state index contributed by atoms with van der Waals surface area (Å²) < 4.78 is 0. The summed E-state index contributed by atoms with van der Waals surface area (Å²) in [5.74, 6) is 0.444. The van der Waals surface area contributed by atoms with E-state index in [1.165, 1.54) is 6.20 Å². The molecule has 0 amide bonds. The molecule has 0 saturated carbocycles. The molecule has 1 aromatic rings. The highest BCUT2D eigenvalue weighted by Crippen LogP contribution is 2.07. The summed E-state index contributed by atoms with van der Waals surface area (Å²) in [5, 5.41) is 8.42. The molecule has 0 aromatic carbocycles. The van der Waals surface area contributed by atoms with Gasteiger partial charge >= 0.3 is 0 Å². The van der Waals surface area contributed by atoms with Gasteiger partial charge in [0.2, 0.25) is 5.95 Å². The minimum Gasteiger partial charge on any atom is -0.382 e. The molecule has 0 fully saturated rings. The normalized spacial score (nSPS) is 14.3. The number of anilines is 2. The zero-order valence-corrected chi connectivity index (χ0v) is 8.27. The molecular formula is C9H11N5O. The second-order valence-corrected chi connectivity index (χ2v) is 2.97. The third kappa shape index (κ3) is 1.88. The SMILES string of the molecule is CNc1cnc(N2CC=CC=N2)[nH]c1=O. The lowest BCUT2D eigenvalue weighted by Gasteiger charge is -2.16. The average molecular weight is 205 g/mol. The van der Waals surface area contributed by atoms with Gasteiger partial charge in [-0.2, -0.15) is 5.10 Å². The van der Waals surface area contributed by atoms with E-state index in [4.69, 9.17) is 0 Å². The summed E-state index contributed by atoms with van der Waals surface area (Å²) >= 11 is 0. The van der Waals surface area contributed by atoms with Crippen LogP contribution in [0.3, 0.4) is 0 Å². The quantitative estimate of drug-likeness (QED) is 0.722. The van der Waals surface area contributed by atoms with Gasteiger partial charge in [-0.05, 0) is 6.08 Å². The average Bonchev–Trinajstić information content (AvgIpc) is 2.30. The molecule has 1 aliphatic heterocycles. The monoisotopic (exact) mass is 205 g/mol. The maximum absolute atomic E-state index is 11.5. The fourth-order valence-corrected chi connectivity index (χ4v) is 1.22. The molecule has 0 aliphatic carbocycles. The van der Waals surface area contributed by atoms with Crippen LogP contribution in [0.5, 0.6) is 0 Å². The molecule has 78 valence electrons. The number of nitrogens with one attached hydrogen (secondary N) is 2. The van der Waals surface area contributed by atoms with E-state index >= 15 is 0 Å². The Labute approximate surface area is 86.3 Å². The summed E-state index contributed by atoms with van der Waals surface area (Å²) in [6, 6.07) is 0. The van der Waals surface area contributed by atoms with E-state index in [9.17, 15) is 4.79 Å². The lowest BCUT2D eigenvalue weighted by molar-refractivity contribution is 0.867. The van der Waals surface area contributed by atoms with Crippen LogP contribution in [0.2, 0.25) is 0 Å². The van der Waals surface area contributed by atoms with E-state index in [1.54, 1.807) is 18.3 Å². The number of rotatable bonds is 2. The van der Waals surface area contributed by atoms with Crippen molar-refractivity contribution in [2.24, 2.45) is 5.10 Å². The van der Waals surface area contributed by atoms with E-state index in [0.717, 1.165) is 0 Å². The number of aromatic nitrogens is 2. The first kappa shape index (κ1) is 9.45. The van der Waals surface area contributed by atoms with E-state index in [0.29, 0.717) is 18.2 Å². The minimum atomic E-state index is -0.202. The van der Waals surface area contributed by atoms with Crippen molar-refractivity contribution in [3.8, 4) is 0 Å². The van der Waals surface area contributed by atoms with E-state index < -0.39 is 0 Å². The molecule has 0 atom stereocenters. The molecule has 0 bridgehead atoms. The molecule has 1 aliphatic rings. The van der Waals surface area contributed by atoms with Crippen LogP contribution < -0.4 is 15.9 Å². The lowest BCUT2D eigenvalue weighted by atomic mass is 10.4. The van der Waals surface area contributed by atoms with Gasteiger partial charge in [0, 0.05) is 13.3 Å². The van der Waals surface area contributed by atoms with Gasteiger partial charge in [0.25, 0.3) is 5.56 Å². The summed E-state index contributed by atoms with van der Waals surface area (Å²) in [7, 11) is 1.67. The molecule has 0 unspecified atom stereocenters. The van der Waals surface area contributed by atoms with Gasteiger partial charge in [-0.25, -0.2) is 9.99 Å². The highest BCUT2D eigenvalue weighted by molar-refractivity contribution is 5.73. The fourth-order valence-electron chi connectivity index (χ4n) is 1.22. The zero-order chi connectivity index (χ0) is 10.7. The van der Waals surface area contributed by atoms with Gasteiger partial charge in [-0.15, -0.1) is 0 Å². The van der Waals surface area contributed by atoms with Crippen LogP contribution >= 0.6 is 0 Å². The maximum atomic E-state index is 11.5. The van der Waals surface area contributed by atoms with Gasteiger partial charge in [-0.1, -0.05) is 6.08 Å². The first-order valence-corrected chi connectivity index (χ1v) is 4.55. The third-order valence-electron chi connectivity index (χ3n) is 2.01. The molecular weight excluding hydrogens is 194 g/mol. The largest absolute Gasteiger partial charge is 0.382 e. The minimum absolute atomic E-state index is 0.202. The Balaban J connectivity index is 2.30. The Hall–Kier alpha value is -2.11. The molecule has 0 radical (unpaired) electrons. The van der Waals surface area contributed by atoms with Crippen molar-refractivity contribution >= 4 is 17.9 Å². The standard InChI is InChI=1S/C9H11N5O/c1-10-7-6-11-9(13-8(7)15)14-5-3-2-4-12-14/h2-4,6,10H,5H2,1H3,(H,11,13,15). The second-order valence-electron chi connectivity index (χ2n) is 2.97. The Bertz CT molecular complexity index is 462. The first-order valence-electron chi connectivity index (χ1n) is 4.55. The van der Waals surface area contributed by atoms with Gasteiger partial charge in [0.05, 0.1) is 12.7 Å². The predicted molar refractivity (Wildman–Crippen MR) is 59.4 cm³/mol. The van der Waals surface area contributed by atoms with Gasteiger partial charge in [0.15, 0.2) is 0 Å². The number of nitrogens with zero attached hydrogens (tertiary/aromatic N) is 3. The van der Waals surface area contributed by atoms with Gasteiger partial charge in [0.1, 0.15) is 5.69 Å². The van der Waals surface area contributed by atoms with Crippen LogP contribution in [0.1, 0.15) is 0 Å². The van der Waals surface area contributed by atoms with Crippen LogP contribution in [-0.4, -0.2) is 29.8 Å². The van der Waals surface area contributed by atoms with Crippen molar-refractivity contribution in [1.29, 1.82) is 0 Å². The summed E-state index contributed by atoms with van der Waals surface area (Å²) in [4.78, 5) is 18.2. The van der Waals surface area contributed by atoms with Crippen LogP contribution in [-0.2, 0) is 0 Å². The number of hydrogen-bond acceptors (Lipinski definition) is 5. The van der Waals surface area contributed by atoms with Crippen LogP contribution in [0.4, 0.5) is 11.6 Å². The molecule has 6 heteroatoms. The molecule has 0 saturated heterocycles. The molecule has 6 nitrogen and oxygen atoms in total. The number of hydrazone groups is 1. The maximum Gasteiger partial charge on any atom is 0.275 e. The van der Waals surface area contributed by atoms with Crippen molar-refractivity contribution in [2.75, 3.05) is 23.9 Å². The smallest absolute Gasteiger partial charge is 0.275 e. The van der Waals surface area contributed by atoms with Crippen LogP contribution in [0.25, 0.3) is 0 Å². The van der Waals surface area contributed by atoms with E-state index in [1.807, 2.05) is 12.2 Å². The molecule has 15 heavy (non-hydrogen) atoms. The summed E-state index contributed by atoms with van der Waals surface area (Å²) in [5.41, 5.74) is 0.238. The number of aromatic amines is 1. The van der Waals surface area contributed by atoms with E-state index in [-0.39, 0.29) is 5.56 Å². The number of allylic oxidation sites excluding steroid dienone is 1. The van der Waals surface area contributed by atoms with Crippen molar-refractivity contribution in [2.45, 2.75) is 0 Å². The molecule has 0 spiro atoms. The van der Waals surface area contributed by atoms with Crippen molar-refractivity contribution in [1.82, 2.24) is 9.97 Å². The topological polar surface area (TPSA) is 73.4 Å². The van der Waals surface area contributed by atoms with Gasteiger partial charge < -0.3 is 5.32 Å². The third-order valence-corrected chi connectivity index (χ3v) is 2.01. The first-order chi connectivity index (χ1) is 7.31. The highest BCUT2D eigenvalue weighted by Gasteiger charge is 2.08. The van der Waals surface area contributed by atoms with Crippen LogP contribution in [0.15, 0.2) is 28.2 Å². The van der Waals surface area contributed by atoms with Crippen molar-refractivity contribution in [3.63, 3.8) is 0 Å². The molecule has 2 heterocycles. The lowest BCUT2D eigenvalue weighted by Crippen LogP contribution is -2.24.